The molecule has 1 saturated heterocycles. The minimum Gasteiger partial charge on any atom is -0.444 e. The Balaban J connectivity index is 1.47. The zero-order chi connectivity index (χ0) is 32.0. The molecule has 11 nitrogen and oxygen atoms in total. The van der Waals surface area contributed by atoms with Gasteiger partial charge in [-0.05, 0) is 77.2 Å². The fraction of sp³-hybridized carbons (Fsp3) is 0.625. The molecule has 3 aliphatic rings. The molecule has 0 bridgehead atoms. The molecule has 44 heavy (non-hydrogen) atoms. The van der Waals surface area contributed by atoms with Gasteiger partial charge < -0.3 is 15.0 Å². The van der Waals surface area contributed by atoms with Crippen LogP contribution in [0.5, 0.6) is 0 Å². The Hall–Kier alpha value is -3.25. The van der Waals surface area contributed by atoms with E-state index in [2.05, 4.69) is 14.8 Å². The van der Waals surface area contributed by atoms with E-state index in [9.17, 15) is 27.6 Å². The molecule has 2 aliphatic heterocycles. The number of allylic oxidation sites excluding steroid dienone is 2. The van der Waals surface area contributed by atoms with Crippen LogP contribution in [-0.4, -0.2) is 67.8 Å². The second-order valence-electron chi connectivity index (χ2n) is 13.1. The van der Waals surface area contributed by atoms with Gasteiger partial charge in [-0.3, -0.25) is 14.4 Å². The lowest BCUT2D eigenvalue weighted by Gasteiger charge is -2.30. The van der Waals surface area contributed by atoms with Crippen LogP contribution in [0.4, 0.5) is 4.79 Å². The van der Waals surface area contributed by atoms with Crippen molar-refractivity contribution in [2.45, 2.75) is 103 Å². The Labute approximate surface area is 260 Å². The van der Waals surface area contributed by atoms with Gasteiger partial charge in [-0.25, -0.2) is 9.52 Å². The number of rotatable bonds is 7. The van der Waals surface area contributed by atoms with E-state index in [0.717, 1.165) is 24.8 Å². The molecular weight excluding hydrogens is 584 g/mol. The van der Waals surface area contributed by atoms with Crippen LogP contribution >= 0.6 is 0 Å². The average Bonchev–Trinajstić information content (AvgIpc) is 3.40. The van der Waals surface area contributed by atoms with Crippen molar-refractivity contribution in [3.05, 3.63) is 48.0 Å². The van der Waals surface area contributed by atoms with Gasteiger partial charge in [0.25, 0.3) is 0 Å². The standard InChI is InChI=1S/C32H46N4O7S/c1-31(2,3)43-30(40)34-25-16-11-6-4-5-10-15-24-21-32(24,22-27(37)26-17-12-20-36(26)28(25)38)29(39)35-44(41,42)33-19-18-23-13-8-7-9-14-23/h7-10,13-15,24-26,33H,4-6,11-12,16-22H2,1-3H3,(H,34,40)(H,35,39)/b15-10-/t24-,25+,26+,32-/m1/s1. The number of benzene rings is 1. The van der Waals surface area contributed by atoms with Gasteiger partial charge in [0.15, 0.2) is 5.78 Å². The maximum atomic E-state index is 13.8. The molecule has 242 valence electrons. The topological polar surface area (TPSA) is 151 Å². The number of ether oxygens (including phenoxy) is 1. The van der Waals surface area contributed by atoms with Gasteiger partial charge in [0.1, 0.15) is 11.6 Å². The molecule has 0 aromatic heterocycles. The number of hydrogen-bond acceptors (Lipinski definition) is 7. The van der Waals surface area contributed by atoms with E-state index in [4.69, 9.17) is 4.74 Å². The Morgan fingerprint density at radius 3 is 2.52 bits per heavy atom. The van der Waals surface area contributed by atoms with E-state index in [1.54, 1.807) is 20.8 Å². The van der Waals surface area contributed by atoms with E-state index in [-0.39, 0.29) is 30.6 Å². The van der Waals surface area contributed by atoms with Crippen molar-refractivity contribution in [3.8, 4) is 0 Å². The van der Waals surface area contributed by atoms with Crippen LogP contribution in [0.15, 0.2) is 42.5 Å². The molecule has 12 heteroatoms. The summed E-state index contributed by atoms with van der Waals surface area (Å²) in [6.45, 7) is 5.72. The number of nitrogens with zero attached hydrogens (tertiary/aromatic N) is 1. The van der Waals surface area contributed by atoms with Crippen molar-refractivity contribution >= 4 is 33.9 Å². The Morgan fingerprint density at radius 1 is 1.05 bits per heavy atom. The maximum Gasteiger partial charge on any atom is 0.408 e. The van der Waals surface area contributed by atoms with Gasteiger partial charge in [-0.15, -0.1) is 0 Å². The lowest BCUT2D eigenvalue weighted by molar-refractivity contribution is -0.140. The second kappa shape index (κ2) is 14.2. The molecular formula is C32H46N4O7S. The summed E-state index contributed by atoms with van der Waals surface area (Å²) in [6.07, 6.45) is 8.47. The molecule has 1 saturated carbocycles. The summed E-state index contributed by atoms with van der Waals surface area (Å²) in [6, 6.07) is 7.82. The summed E-state index contributed by atoms with van der Waals surface area (Å²) in [7, 11) is -4.15. The first-order valence-corrected chi connectivity index (χ1v) is 17.1. The third kappa shape index (κ3) is 9.13. The Bertz CT molecular complexity index is 1340. The van der Waals surface area contributed by atoms with Crippen molar-refractivity contribution < 1.29 is 32.3 Å². The Kier molecular flexibility index (Phi) is 10.9. The van der Waals surface area contributed by atoms with Crippen LogP contribution in [-0.2, 0) is 35.8 Å². The van der Waals surface area contributed by atoms with Gasteiger partial charge in [-0.2, -0.15) is 13.1 Å². The van der Waals surface area contributed by atoms with Crippen LogP contribution in [0.1, 0.15) is 84.1 Å². The maximum absolute atomic E-state index is 13.8. The molecule has 4 atom stereocenters. The van der Waals surface area contributed by atoms with Gasteiger partial charge in [-0.1, -0.05) is 55.3 Å². The van der Waals surface area contributed by atoms with Crippen molar-refractivity contribution in [1.29, 1.82) is 0 Å². The van der Waals surface area contributed by atoms with Crippen LogP contribution in [0, 0.1) is 11.3 Å². The monoisotopic (exact) mass is 630 g/mol. The lowest BCUT2D eigenvalue weighted by Crippen LogP contribution is -2.53. The molecule has 3 N–H and O–H groups in total. The van der Waals surface area contributed by atoms with Gasteiger partial charge in [0.05, 0.1) is 11.5 Å². The molecule has 3 amide bonds. The summed E-state index contributed by atoms with van der Waals surface area (Å²) in [5.41, 5.74) is -0.974. The van der Waals surface area contributed by atoms with Crippen LogP contribution in [0.3, 0.4) is 0 Å². The Morgan fingerprint density at radius 2 is 1.80 bits per heavy atom. The van der Waals surface area contributed by atoms with Crippen molar-refractivity contribution in [2.75, 3.05) is 13.1 Å². The first-order valence-electron chi connectivity index (χ1n) is 15.6. The van der Waals surface area contributed by atoms with E-state index in [1.807, 2.05) is 42.5 Å². The highest BCUT2D eigenvalue weighted by molar-refractivity contribution is 7.88. The fourth-order valence-corrected chi connectivity index (χ4v) is 7.00. The van der Waals surface area contributed by atoms with E-state index >= 15 is 0 Å². The third-order valence-corrected chi connectivity index (χ3v) is 9.52. The highest BCUT2D eigenvalue weighted by atomic mass is 32.2. The number of alkyl carbamates (subject to hydrolysis) is 1. The molecule has 1 aromatic carbocycles. The average molecular weight is 631 g/mol. The molecule has 1 aliphatic carbocycles. The third-order valence-electron chi connectivity index (χ3n) is 8.48. The predicted octanol–water partition coefficient (Wildman–Crippen LogP) is 3.55. The summed E-state index contributed by atoms with van der Waals surface area (Å²) < 4.78 is 35.6. The van der Waals surface area contributed by atoms with Crippen LogP contribution in [0.25, 0.3) is 0 Å². The molecule has 0 unspecified atom stereocenters. The summed E-state index contributed by atoms with van der Waals surface area (Å²) >= 11 is 0. The number of carbonyl (C=O) groups excluding carboxylic acids is 4. The lowest BCUT2D eigenvalue weighted by atomic mass is 9.91. The molecule has 0 radical (unpaired) electrons. The zero-order valence-corrected chi connectivity index (χ0v) is 26.8. The number of hydrogen-bond donors (Lipinski definition) is 3. The van der Waals surface area contributed by atoms with Crippen molar-refractivity contribution in [3.63, 3.8) is 0 Å². The van der Waals surface area contributed by atoms with Gasteiger partial charge in [0.2, 0.25) is 11.8 Å². The predicted molar refractivity (Wildman–Crippen MR) is 165 cm³/mol. The first-order chi connectivity index (χ1) is 20.8. The SMILES string of the molecule is CC(C)(C)OC(=O)N[C@H]1CCCCC/C=C\[C@@H]2C[C@@]2(C(=O)NS(=O)(=O)NCCc2ccccc2)CC(=O)[C@@H]2CCCN2C1=O. The number of carbonyl (C=O) groups is 4. The highest BCUT2D eigenvalue weighted by Gasteiger charge is 2.61. The number of amides is 3. The largest absolute Gasteiger partial charge is 0.444 e. The van der Waals surface area contributed by atoms with Crippen molar-refractivity contribution in [1.82, 2.24) is 19.7 Å². The second-order valence-corrected chi connectivity index (χ2v) is 14.6. The minimum atomic E-state index is -4.15. The number of Topliss-reactive ketones (excluding diaryl/α,β-unsaturated/α-hetero) is 1. The molecule has 4 rings (SSSR count). The summed E-state index contributed by atoms with van der Waals surface area (Å²) in [5.74, 6) is -1.60. The first kappa shape index (κ1) is 33.6. The van der Waals surface area contributed by atoms with Crippen LogP contribution in [0.2, 0.25) is 0 Å². The molecule has 2 fully saturated rings. The molecule has 2 heterocycles. The molecule has 1 aromatic rings. The summed E-state index contributed by atoms with van der Waals surface area (Å²) in [4.78, 5) is 55.1. The van der Waals surface area contributed by atoms with E-state index in [0.29, 0.717) is 45.1 Å². The smallest absolute Gasteiger partial charge is 0.408 e. The van der Waals surface area contributed by atoms with E-state index in [1.165, 1.54) is 4.90 Å². The van der Waals surface area contributed by atoms with Crippen LogP contribution < -0.4 is 14.8 Å². The highest BCUT2D eigenvalue weighted by Crippen LogP contribution is 2.57. The van der Waals surface area contributed by atoms with Gasteiger partial charge in [0, 0.05) is 19.5 Å². The summed E-state index contributed by atoms with van der Waals surface area (Å²) in [5, 5.41) is 2.73. The normalized spacial score (nSPS) is 27.2. The number of nitrogens with one attached hydrogen (secondary N) is 3. The molecule has 0 spiro atoms. The van der Waals surface area contributed by atoms with Crippen molar-refractivity contribution in [2.24, 2.45) is 11.3 Å². The zero-order valence-electron chi connectivity index (χ0n) is 26.0. The number of ketones is 1. The van der Waals surface area contributed by atoms with Gasteiger partial charge >= 0.3 is 16.3 Å². The van der Waals surface area contributed by atoms with E-state index < -0.39 is 45.3 Å². The minimum absolute atomic E-state index is 0.111. The quantitative estimate of drug-likeness (QED) is 0.390. The number of fused-ring (bicyclic) bond motifs is 2. The fourth-order valence-electron chi connectivity index (χ4n) is 6.11.